The topological polar surface area (TPSA) is 125 Å². The van der Waals surface area contributed by atoms with E-state index in [1.165, 1.54) is 7.11 Å². The predicted octanol–water partition coefficient (Wildman–Crippen LogP) is 0.955. The van der Waals surface area contributed by atoms with Gasteiger partial charge in [0.05, 0.1) is 17.6 Å². The summed E-state index contributed by atoms with van der Waals surface area (Å²) in [6.07, 6.45) is 0. The zero-order valence-electron chi connectivity index (χ0n) is 14.3. The number of nitrogens with two attached hydrogens (primary N) is 1. The Morgan fingerprint density at radius 2 is 1.81 bits per heavy atom. The third-order valence-electron chi connectivity index (χ3n) is 3.47. The Kier molecular flexibility index (Phi) is 6.48. The summed E-state index contributed by atoms with van der Waals surface area (Å²) < 4.78 is 46.0. The van der Waals surface area contributed by atoms with Gasteiger partial charge in [0, 0.05) is 6.54 Å². The van der Waals surface area contributed by atoms with Crippen LogP contribution in [0.5, 0.6) is 5.75 Å². The molecule has 0 heterocycles. The van der Waals surface area contributed by atoms with E-state index in [0.29, 0.717) is 5.75 Å². The maximum absolute atomic E-state index is 13.7. The number of hydrogen-bond acceptors (Lipinski definition) is 6. The molecule has 0 fully saturated rings. The molecule has 2 rings (SSSR count). The molecule has 0 atom stereocenters. The number of methoxy groups -OCH3 is 1. The Bertz CT molecular complexity index is 944. The number of benzene rings is 2. The lowest BCUT2D eigenvalue weighted by Crippen LogP contribution is -2.28. The van der Waals surface area contributed by atoms with Crippen LogP contribution in [0.1, 0.15) is 15.9 Å². The Morgan fingerprint density at radius 1 is 1.15 bits per heavy atom. The van der Waals surface area contributed by atoms with Gasteiger partial charge in [0.1, 0.15) is 11.6 Å². The second-order valence-corrected chi connectivity index (χ2v) is 6.95. The Labute approximate surface area is 155 Å². The van der Waals surface area contributed by atoms with E-state index in [-0.39, 0.29) is 6.54 Å². The predicted molar refractivity (Wildman–Crippen MR) is 92.9 cm³/mol. The molecule has 0 aromatic heterocycles. The summed E-state index contributed by atoms with van der Waals surface area (Å²) >= 11 is 0. The highest BCUT2D eigenvalue weighted by Gasteiger charge is 2.18. The van der Waals surface area contributed by atoms with E-state index in [4.69, 9.17) is 14.6 Å². The smallest absolute Gasteiger partial charge is 0.341 e. The van der Waals surface area contributed by atoms with Gasteiger partial charge >= 0.3 is 5.97 Å². The number of carbonyl (C=O) groups is 2. The van der Waals surface area contributed by atoms with Crippen molar-refractivity contribution in [3.8, 4) is 5.75 Å². The molecule has 3 N–H and O–H groups in total. The van der Waals surface area contributed by atoms with E-state index in [0.717, 1.165) is 23.8 Å². The first kappa shape index (κ1) is 20.3. The number of carbonyl (C=O) groups excluding carboxylic acids is 2. The number of hydrogen-bond donors (Lipinski definition) is 2. The maximum Gasteiger partial charge on any atom is 0.341 e. The van der Waals surface area contributed by atoms with E-state index < -0.39 is 44.8 Å². The summed E-state index contributed by atoms with van der Waals surface area (Å²) in [4.78, 5) is 23.2. The largest absolute Gasteiger partial charge is 0.497 e. The minimum atomic E-state index is -4.11. The highest BCUT2D eigenvalue weighted by molar-refractivity contribution is 7.89. The van der Waals surface area contributed by atoms with Gasteiger partial charge in [0.2, 0.25) is 10.0 Å². The monoisotopic (exact) mass is 396 g/mol. The lowest BCUT2D eigenvalue weighted by atomic mass is 10.2. The number of esters is 1. The number of primary sulfonamides is 1. The minimum Gasteiger partial charge on any atom is -0.497 e. The standard InChI is InChI=1S/C17H17FN2O6S/c1-25-12-4-2-11(3-5-12)9-20-16(21)10-26-17(22)14-8-13(27(19,23)24)6-7-15(14)18/h2-8H,9-10H2,1H3,(H,20,21)(H2,19,23,24). The summed E-state index contributed by atoms with van der Waals surface area (Å²) in [5.41, 5.74) is 0.159. The SMILES string of the molecule is COc1ccc(CNC(=O)COC(=O)c2cc(S(N)(=O)=O)ccc2F)cc1. The summed E-state index contributed by atoms with van der Waals surface area (Å²) in [5, 5.41) is 7.46. The quantitative estimate of drug-likeness (QED) is 0.672. The van der Waals surface area contributed by atoms with Gasteiger partial charge in [-0.2, -0.15) is 0 Å². The third-order valence-corrected chi connectivity index (χ3v) is 4.38. The highest BCUT2D eigenvalue weighted by atomic mass is 32.2. The fourth-order valence-corrected chi connectivity index (χ4v) is 2.58. The molecule has 0 aliphatic rings. The molecule has 0 spiro atoms. The summed E-state index contributed by atoms with van der Waals surface area (Å²) in [6.45, 7) is -0.469. The number of amides is 1. The first-order valence-corrected chi connectivity index (χ1v) is 9.14. The van der Waals surface area contributed by atoms with Crippen LogP contribution in [0.25, 0.3) is 0 Å². The summed E-state index contributed by atoms with van der Waals surface area (Å²) in [6, 6.07) is 9.40. The van der Waals surface area contributed by atoms with Crippen molar-refractivity contribution in [1.29, 1.82) is 0 Å². The van der Waals surface area contributed by atoms with Crippen LogP contribution in [0.4, 0.5) is 4.39 Å². The van der Waals surface area contributed by atoms with E-state index in [2.05, 4.69) is 5.32 Å². The molecule has 0 aliphatic heterocycles. The first-order chi connectivity index (χ1) is 12.7. The van der Waals surface area contributed by atoms with Crippen LogP contribution < -0.4 is 15.2 Å². The molecule has 0 radical (unpaired) electrons. The van der Waals surface area contributed by atoms with Crippen LogP contribution in [0.3, 0.4) is 0 Å². The number of ether oxygens (including phenoxy) is 2. The zero-order valence-corrected chi connectivity index (χ0v) is 15.1. The van der Waals surface area contributed by atoms with E-state index >= 15 is 0 Å². The van der Waals surface area contributed by atoms with E-state index in [1.807, 2.05) is 0 Å². The van der Waals surface area contributed by atoms with Gasteiger partial charge in [-0.15, -0.1) is 0 Å². The lowest BCUT2D eigenvalue weighted by Gasteiger charge is -2.08. The molecule has 2 aromatic carbocycles. The fourth-order valence-electron chi connectivity index (χ4n) is 2.04. The summed E-state index contributed by atoms with van der Waals surface area (Å²) in [5.74, 6) is -2.12. The van der Waals surface area contributed by atoms with Crippen LogP contribution in [0.2, 0.25) is 0 Å². The molecule has 10 heteroatoms. The zero-order chi connectivity index (χ0) is 20.0. The molecule has 144 valence electrons. The van der Waals surface area contributed by atoms with Crippen molar-refractivity contribution in [1.82, 2.24) is 5.32 Å². The van der Waals surface area contributed by atoms with Crippen molar-refractivity contribution in [2.24, 2.45) is 5.14 Å². The van der Waals surface area contributed by atoms with Gasteiger partial charge in [-0.3, -0.25) is 4.79 Å². The van der Waals surface area contributed by atoms with Gasteiger partial charge < -0.3 is 14.8 Å². The van der Waals surface area contributed by atoms with Gasteiger partial charge in [0.25, 0.3) is 5.91 Å². The molecule has 0 saturated heterocycles. The van der Waals surface area contributed by atoms with Crippen molar-refractivity contribution in [2.45, 2.75) is 11.4 Å². The van der Waals surface area contributed by atoms with Crippen molar-refractivity contribution in [2.75, 3.05) is 13.7 Å². The van der Waals surface area contributed by atoms with Crippen LogP contribution in [0, 0.1) is 5.82 Å². The number of sulfonamides is 1. The van der Waals surface area contributed by atoms with Gasteiger partial charge in [-0.25, -0.2) is 22.7 Å². The lowest BCUT2D eigenvalue weighted by molar-refractivity contribution is -0.124. The normalized spacial score (nSPS) is 10.9. The molecule has 2 aromatic rings. The summed E-state index contributed by atoms with van der Waals surface area (Å²) in [7, 11) is -2.58. The number of nitrogens with one attached hydrogen (secondary N) is 1. The van der Waals surface area contributed by atoms with Crippen molar-refractivity contribution >= 4 is 21.9 Å². The molecule has 8 nitrogen and oxygen atoms in total. The van der Waals surface area contributed by atoms with Gasteiger partial charge in [0.15, 0.2) is 6.61 Å². The van der Waals surface area contributed by atoms with Crippen LogP contribution >= 0.6 is 0 Å². The molecule has 0 unspecified atom stereocenters. The van der Waals surface area contributed by atoms with Crippen molar-refractivity contribution in [3.63, 3.8) is 0 Å². The molecular weight excluding hydrogens is 379 g/mol. The molecule has 27 heavy (non-hydrogen) atoms. The van der Waals surface area contributed by atoms with Crippen LogP contribution in [-0.4, -0.2) is 34.0 Å². The van der Waals surface area contributed by atoms with Crippen molar-refractivity contribution in [3.05, 3.63) is 59.4 Å². The molecule has 0 bridgehead atoms. The van der Waals surface area contributed by atoms with E-state index in [9.17, 15) is 22.4 Å². The fraction of sp³-hybridized carbons (Fsp3) is 0.176. The van der Waals surface area contributed by atoms with E-state index in [1.54, 1.807) is 24.3 Å². The highest BCUT2D eigenvalue weighted by Crippen LogP contribution is 2.15. The molecular formula is C17H17FN2O6S. The van der Waals surface area contributed by atoms with Gasteiger partial charge in [-0.05, 0) is 35.9 Å². The average molecular weight is 396 g/mol. The Hall–Kier alpha value is -2.98. The maximum atomic E-state index is 13.7. The third kappa shape index (κ3) is 5.76. The van der Waals surface area contributed by atoms with Crippen LogP contribution in [-0.2, 0) is 26.1 Å². The second kappa shape index (κ2) is 8.60. The Balaban J connectivity index is 1.92. The second-order valence-electron chi connectivity index (χ2n) is 5.39. The van der Waals surface area contributed by atoms with Crippen LogP contribution in [0.15, 0.2) is 47.4 Å². The molecule has 1 amide bonds. The van der Waals surface area contributed by atoms with Gasteiger partial charge in [-0.1, -0.05) is 12.1 Å². The minimum absolute atomic E-state index is 0.190. The molecule has 0 aliphatic carbocycles. The first-order valence-electron chi connectivity index (χ1n) is 7.60. The number of halogens is 1. The molecule has 0 saturated carbocycles. The average Bonchev–Trinajstić information content (AvgIpc) is 2.64. The number of rotatable bonds is 7. The Morgan fingerprint density at radius 3 is 2.41 bits per heavy atom. The van der Waals surface area contributed by atoms with Crippen molar-refractivity contribution < 1.29 is 31.9 Å².